The molecule has 0 aliphatic heterocycles. The Hall–Kier alpha value is -1.80. The molecule has 2 nitrogen and oxygen atoms in total. The molecular formula is C19H26N2. The standard InChI is InChI=1S/C19H26N2/c1-5-20-14-17-13-16(4)9-12-19(17)21(6-2)18-10-7-15(3)8-11-18/h7-13,20H,5-6,14H2,1-4H3. The van der Waals surface area contributed by atoms with Crippen LogP contribution in [0.1, 0.15) is 30.5 Å². The van der Waals surface area contributed by atoms with Crippen molar-refractivity contribution in [2.24, 2.45) is 0 Å². The Balaban J connectivity index is 2.39. The predicted molar refractivity (Wildman–Crippen MR) is 92.4 cm³/mol. The fourth-order valence-electron chi connectivity index (χ4n) is 2.60. The van der Waals surface area contributed by atoms with Crippen LogP contribution in [-0.4, -0.2) is 13.1 Å². The van der Waals surface area contributed by atoms with Gasteiger partial charge in [-0.15, -0.1) is 0 Å². The number of rotatable bonds is 6. The molecule has 1 N–H and O–H groups in total. The molecular weight excluding hydrogens is 256 g/mol. The fourth-order valence-corrected chi connectivity index (χ4v) is 2.60. The molecule has 0 fully saturated rings. The van der Waals surface area contributed by atoms with Gasteiger partial charge in [-0.3, -0.25) is 0 Å². The summed E-state index contributed by atoms with van der Waals surface area (Å²) in [4.78, 5) is 2.38. The lowest BCUT2D eigenvalue weighted by Gasteiger charge is -2.26. The quantitative estimate of drug-likeness (QED) is 0.835. The van der Waals surface area contributed by atoms with E-state index in [0.29, 0.717) is 0 Å². The summed E-state index contributed by atoms with van der Waals surface area (Å²) in [6, 6.07) is 15.5. The molecule has 0 bridgehead atoms. The van der Waals surface area contributed by atoms with Crippen molar-refractivity contribution in [3.8, 4) is 0 Å². The van der Waals surface area contributed by atoms with E-state index in [1.807, 2.05) is 0 Å². The van der Waals surface area contributed by atoms with Crippen molar-refractivity contribution in [1.82, 2.24) is 5.32 Å². The molecule has 2 rings (SSSR count). The highest BCUT2D eigenvalue weighted by atomic mass is 15.1. The average molecular weight is 282 g/mol. The van der Waals surface area contributed by atoms with Crippen molar-refractivity contribution in [3.05, 3.63) is 59.2 Å². The van der Waals surface area contributed by atoms with Gasteiger partial charge in [0, 0.05) is 24.5 Å². The maximum Gasteiger partial charge on any atom is 0.0456 e. The van der Waals surface area contributed by atoms with Gasteiger partial charge >= 0.3 is 0 Å². The zero-order chi connectivity index (χ0) is 15.2. The summed E-state index contributed by atoms with van der Waals surface area (Å²) in [7, 11) is 0. The fraction of sp³-hybridized carbons (Fsp3) is 0.368. The molecule has 0 radical (unpaired) electrons. The van der Waals surface area contributed by atoms with Crippen LogP contribution in [0, 0.1) is 13.8 Å². The van der Waals surface area contributed by atoms with Crippen LogP contribution in [0.2, 0.25) is 0 Å². The number of nitrogens with zero attached hydrogens (tertiary/aromatic N) is 1. The van der Waals surface area contributed by atoms with E-state index >= 15 is 0 Å². The highest BCUT2D eigenvalue weighted by Crippen LogP contribution is 2.29. The van der Waals surface area contributed by atoms with Gasteiger partial charge in [-0.1, -0.05) is 42.3 Å². The van der Waals surface area contributed by atoms with Gasteiger partial charge in [-0.05, 0) is 51.1 Å². The second-order valence-electron chi connectivity index (χ2n) is 5.49. The molecule has 0 aliphatic rings. The van der Waals surface area contributed by atoms with Crippen LogP contribution in [0.3, 0.4) is 0 Å². The summed E-state index contributed by atoms with van der Waals surface area (Å²) in [5, 5.41) is 3.45. The Bertz CT molecular complexity index is 573. The van der Waals surface area contributed by atoms with Crippen LogP contribution in [0.4, 0.5) is 11.4 Å². The number of benzene rings is 2. The average Bonchev–Trinajstić information content (AvgIpc) is 2.49. The summed E-state index contributed by atoms with van der Waals surface area (Å²) in [5.41, 5.74) is 6.52. The van der Waals surface area contributed by atoms with Crippen LogP contribution in [0.5, 0.6) is 0 Å². The van der Waals surface area contributed by atoms with Gasteiger partial charge in [0.05, 0.1) is 0 Å². The first-order chi connectivity index (χ1) is 10.2. The minimum Gasteiger partial charge on any atom is -0.342 e. The minimum atomic E-state index is 0.913. The van der Waals surface area contributed by atoms with Gasteiger partial charge in [-0.25, -0.2) is 0 Å². The highest BCUT2D eigenvalue weighted by molar-refractivity contribution is 5.67. The Labute approximate surface area is 128 Å². The highest BCUT2D eigenvalue weighted by Gasteiger charge is 2.11. The zero-order valence-corrected chi connectivity index (χ0v) is 13.6. The second-order valence-corrected chi connectivity index (χ2v) is 5.49. The number of anilines is 2. The molecule has 112 valence electrons. The summed E-state index contributed by atoms with van der Waals surface area (Å²) in [5.74, 6) is 0. The van der Waals surface area contributed by atoms with E-state index in [1.165, 1.54) is 28.1 Å². The monoisotopic (exact) mass is 282 g/mol. The number of aryl methyl sites for hydroxylation is 2. The molecule has 0 spiro atoms. The van der Waals surface area contributed by atoms with Crippen molar-refractivity contribution >= 4 is 11.4 Å². The smallest absolute Gasteiger partial charge is 0.0456 e. The third-order valence-electron chi connectivity index (χ3n) is 3.75. The zero-order valence-electron chi connectivity index (χ0n) is 13.6. The Morgan fingerprint density at radius 2 is 1.57 bits per heavy atom. The topological polar surface area (TPSA) is 15.3 Å². The summed E-state index contributed by atoms with van der Waals surface area (Å²) in [6.45, 7) is 11.5. The van der Waals surface area contributed by atoms with Crippen LogP contribution >= 0.6 is 0 Å². The van der Waals surface area contributed by atoms with Crippen LogP contribution in [0.15, 0.2) is 42.5 Å². The lowest BCUT2D eigenvalue weighted by atomic mass is 10.1. The maximum atomic E-state index is 3.45. The van der Waals surface area contributed by atoms with Crippen LogP contribution in [0.25, 0.3) is 0 Å². The molecule has 0 saturated heterocycles. The van der Waals surface area contributed by atoms with E-state index in [2.05, 4.69) is 80.4 Å². The number of hydrogen-bond acceptors (Lipinski definition) is 2. The second kappa shape index (κ2) is 7.28. The van der Waals surface area contributed by atoms with Gasteiger partial charge in [0.2, 0.25) is 0 Å². The SMILES string of the molecule is CCNCc1cc(C)ccc1N(CC)c1ccc(C)cc1. The first-order valence-electron chi connectivity index (χ1n) is 7.80. The van der Waals surface area contributed by atoms with E-state index in [1.54, 1.807) is 0 Å². The summed E-state index contributed by atoms with van der Waals surface area (Å²) >= 11 is 0. The van der Waals surface area contributed by atoms with Crippen molar-refractivity contribution < 1.29 is 0 Å². The van der Waals surface area contributed by atoms with E-state index in [0.717, 1.165) is 19.6 Å². The molecule has 0 amide bonds. The lowest BCUT2D eigenvalue weighted by molar-refractivity contribution is 0.725. The maximum absolute atomic E-state index is 3.45. The van der Waals surface area contributed by atoms with Gasteiger partial charge in [0.25, 0.3) is 0 Å². The van der Waals surface area contributed by atoms with Crippen molar-refractivity contribution in [1.29, 1.82) is 0 Å². The molecule has 0 aromatic heterocycles. The largest absolute Gasteiger partial charge is 0.342 e. The summed E-state index contributed by atoms with van der Waals surface area (Å²) in [6.07, 6.45) is 0. The molecule has 2 aromatic carbocycles. The number of nitrogens with one attached hydrogen (secondary N) is 1. The van der Waals surface area contributed by atoms with E-state index in [4.69, 9.17) is 0 Å². The van der Waals surface area contributed by atoms with Gasteiger partial charge in [0.15, 0.2) is 0 Å². The van der Waals surface area contributed by atoms with E-state index in [-0.39, 0.29) is 0 Å². The Morgan fingerprint density at radius 3 is 2.19 bits per heavy atom. The predicted octanol–water partition coefficient (Wildman–Crippen LogP) is 4.57. The van der Waals surface area contributed by atoms with Crippen molar-refractivity contribution in [2.45, 2.75) is 34.2 Å². The third kappa shape index (κ3) is 3.85. The van der Waals surface area contributed by atoms with Crippen molar-refractivity contribution in [3.63, 3.8) is 0 Å². The Morgan fingerprint density at radius 1 is 0.905 bits per heavy atom. The van der Waals surface area contributed by atoms with Crippen LogP contribution < -0.4 is 10.2 Å². The third-order valence-corrected chi connectivity index (χ3v) is 3.75. The van der Waals surface area contributed by atoms with Crippen molar-refractivity contribution in [2.75, 3.05) is 18.0 Å². The molecule has 0 unspecified atom stereocenters. The summed E-state index contributed by atoms with van der Waals surface area (Å²) < 4.78 is 0. The van der Waals surface area contributed by atoms with E-state index in [9.17, 15) is 0 Å². The molecule has 0 saturated carbocycles. The first kappa shape index (κ1) is 15.6. The lowest BCUT2D eigenvalue weighted by Crippen LogP contribution is -2.20. The molecule has 21 heavy (non-hydrogen) atoms. The van der Waals surface area contributed by atoms with Gasteiger partial charge < -0.3 is 10.2 Å². The van der Waals surface area contributed by atoms with E-state index < -0.39 is 0 Å². The minimum absolute atomic E-state index is 0.913. The van der Waals surface area contributed by atoms with Crippen LogP contribution in [-0.2, 0) is 6.54 Å². The molecule has 0 heterocycles. The van der Waals surface area contributed by atoms with Gasteiger partial charge in [-0.2, -0.15) is 0 Å². The molecule has 2 aromatic rings. The normalized spacial score (nSPS) is 10.7. The first-order valence-corrected chi connectivity index (χ1v) is 7.80. The molecule has 0 atom stereocenters. The molecule has 2 heteroatoms. The Kier molecular flexibility index (Phi) is 5.40. The number of hydrogen-bond donors (Lipinski definition) is 1. The van der Waals surface area contributed by atoms with Gasteiger partial charge in [0.1, 0.15) is 0 Å². The molecule has 0 aliphatic carbocycles.